The van der Waals surface area contributed by atoms with Crippen LogP contribution in [0.5, 0.6) is 5.75 Å². The van der Waals surface area contributed by atoms with E-state index in [9.17, 15) is 9.59 Å². The van der Waals surface area contributed by atoms with E-state index in [0.717, 1.165) is 25.1 Å². The van der Waals surface area contributed by atoms with E-state index in [4.69, 9.17) is 10.5 Å². The van der Waals surface area contributed by atoms with Gasteiger partial charge in [0, 0.05) is 31.2 Å². The molecule has 0 radical (unpaired) electrons. The topological polar surface area (TPSA) is 84.7 Å². The van der Waals surface area contributed by atoms with Gasteiger partial charge in [-0.2, -0.15) is 0 Å². The molecule has 0 aromatic heterocycles. The van der Waals surface area contributed by atoms with Gasteiger partial charge >= 0.3 is 0 Å². The Labute approximate surface area is 130 Å². The molecule has 6 heteroatoms. The molecule has 2 rings (SSSR count). The van der Waals surface area contributed by atoms with Gasteiger partial charge in [-0.25, -0.2) is 0 Å². The van der Waals surface area contributed by atoms with Crippen LogP contribution in [0.2, 0.25) is 0 Å². The molecule has 1 aliphatic rings. The van der Waals surface area contributed by atoms with Crippen LogP contribution in [0, 0.1) is 0 Å². The molecule has 22 heavy (non-hydrogen) atoms. The maximum atomic E-state index is 11.7. The maximum absolute atomic E-state index is 11.7. The van der Waals surface area contributed by atoms with Crippen LogP contribution in [0.25, 0.3) is 0 Å². The minimum absolute atomic E-state index is 0.0268. The third-order valence-corrected chi connectivity index (χ3v) is 3.51. The number of benzene rings is 1. The molecule has 3 N–H and O–H groups in total. The van der Waals surface area contributed by atoms with Crippen molar-refractivity contribution in [3.05, 3.63) is 24.3 Å². The Bertz CT molecular complexity index is 514. The summed E-state index contributed by atoms with van der Waals surface area (Å²) in [7, 11) is 0. The van der Waals surface area contributed by atoms with Gasteiger partial charge in [-0.3, -0.25) is 9.59 Å². The monoisotopic (exact) mass is 305 g/mol. The van der Waals surface area contributed by atoms with Gasteiger partial charge in [0.2, 0.25) is 5.91 Å². The highest BCUT2D eigenvalue weighted by Gasteiger charge is 2.21. The van der Waals surface area contributed by atoms with E-state index < -0.39 is 0 Å². The quantitative estimate of drug-likeness (QED) is 0.788. The standard InChI is InChI=1S/C16H23N3O3/c1-12(17)8-9-18-15(20)11-22-14-6-4-13(5-7-14)19-10-2-3-16(19)21/h4-7,12H,2-3,8-11,17H2,1H3,(H,18,20). The predicted octanol–water partition coefficient (Wildman–Crippen LogP) is 1.05. The van der Waals surface area contributed by atoms with Crippen molar-refractivity contribution in [2.24, 2.45) is 5.73 Å². The van der Waals surface area contributed by atoms with Gasteiger partial charge in [0.1, 0.15) is 5.75 Å². The molecular formula is C16H23N3O3. The first kappa shape index (κ1) is 16.3. The summed E-state index contributed by atoms with van der Waals surface area (Å²) in [6.45, 7) is 3.19. The molecule has 0 aliphatic carbocycles. The van der Waals surface area contributed by atoms with E-state index in [2.05, 4.69) is 5.32 Å². The third-order valence-electron chi connectivity index (χ3n) is 3.51. The lowest BCUT2D eigenvalue weighted by Gasteiger charge is -2.16. The van der Waals surface area contributed by atoms with Crippen molar-refractivity contribution < 1.29 is 14.3 Å². The fourth-order valence-electron chi connectivity index (χ4n) is 2.28. The molecule has 0 saturated carbocycles. The van der Waals surface area contributed by atoms with Gasteiger partial charge < -0.3 is 20.7 Å². The van der Waals surface area contributed by atoms with E-state index in [-0.39, 0.29) is 24.5 Å². The second kappa shape index (κ2) is 7.79. The lowest BCUT2D eigenvalue weighted by molar-refractivity contribution is -0.123. The molecule has 1 saturated heterocycles. The highest BCUT2D eigenvalue weighted by atomic mass is 16.5. The highest BCUT2D eigenvalue weighted by molar-refractivity contribution is 5.95. The molecule has 1 fully saturated rings. The van der Waals surface area contributed by atoms with Crippen molar-refractivity contribution in [3.63, 3.8) is 0 Å². The average molecular weight is 305 g/mol. The molecule has 0 bridgehead atoms. The molecular weight excluding hydrogens is 282 g/mol. The van der Waals surface area contributed by atoms with E-state index in [1.807, 2.05) is 19.1 Å². The molecule has 2 amide bonds. The largest absolute Gasteiger partial charge is 0.484 e. The Kier molecular flexibility index (Phi) is 5.77. The summed E-state index contributed by atoms with van der Waals surface area (Å²) in [6, 6.07) is 7.30. The molecule has 1 aromatic rings. The third kappa shape index (κ3) is 4.73. The SMILES string of the molecule is CC(N)CCNC(=O)COc1ccc(N2CCCC2=O)cc1. The molecule has 1 atom stereocenters. The summed E-state index contributed by atoms with van der Waals surface area (Å²) >= 11 is 0. The van der Waals surface area contributed by atoms with Crippen LogP contribution in [0.15, 0.2) is 24.3 Å². The number of anilines is 1. The van der Waals surface area contributed by atoms with Crippen molar-refractivity contribution in [1.82, 2.24) is 5.32 Å². The minimum Gasteiger partial charge on any atom is -0.484 e. The van der Waals surface area contributed by atoms with Gasteiger partial charge in [-0.1, -0.05) is 0 Å². The summed E-state index contributed by atoms with van der Waals surface area (Å²) in [5.41, 5.74) is 6.48. The summed E-state index contributed by atoms with van der Waals surface area (Å²) in [5.74, 6) is 0.597. The smallest absolute Gasteiger partial charge is 0.257 e. The highest BCUT2D eigenvalue weighted by Crippen LogP contribution is 2.23. The predicted molar refractivity (Wildman–Crippen MR) is 84.8 cm³/mol. The minimum atomic E-state index is -0.167. The van der Waals surface area contributed by atoms with E-state index >= 15 is 0 Å². The molecule has 0 spiro atoms. The molecule has 1 unspecified atom stereocenters. The molecule has 1 aromatic carbocycles. The first-order valence-electron chi connectivity index (χ1n) is 7.62. The Balaban J connectivity index is 1.76. The zero-order valence-corrected chi connectivity index (χ0v) is 12.9. The molecule has 6 nitrogen and oxygen atoms in total. The summed E-state index contributed by atoms with van der Waals surface area (Å²) in [6.07, 6.45) is 2.25. The van der Waals surface area contributed by atoms with Crippen LogP contribution < -0.4 is 20.7 Å². The maximum Gasteiger partial charge on any atom is 0.257 e. The lowest BCUT2D eigenvalue weighted by atomic mass is 10.2. The molecule has 1 aliphatic heterocycles. The number of nitrogens with zero attached hydrogens (tertiary/aromatic N) is 1. The zero-order chi connectivity index (χ0) is 15.9. The fourth-order valence-corrected chi connectivity index (χ4v) is 2.28. The van der Waals surface area contributed by atoms with Crippen LogP contribution in [0.4, 0.5) is 5.69 Å². The average Bonchev–Trinajstić information content (AvgIpc) is 2.91. The van der Waals surface area contributed by atoms with Crippen molar-refractivity contribution in [3.8, 4) is 5.75 Å². The van der Waals surface area contributed by atoms with Gasteiger partial charge in [0.05, 0.1) is 0 Å². The van der Waals surface area contributed by atoms with Crippen LogP contribution in [-0.2, 0) is 9.59 Å². The van der Waals surface area contributed by atoms with Crippen molar-refractivity contribution >= 4 is 17.5 Å². The van der Waals surface area contributed by atoms with Crippen LogP contribution in [0.3, 0.4) is 0 Å². The summed E-state index contributed by atoms with van der Waals surface area (Å²) < 4.78 is 5.42. The van der Waals surface area contributed by atoms with E-state index in [0.29, 0.717) is 18.7 Å². The van der Waals surface area contributed by atoms with Crippen molar-refractivity contribution in [2.75, 3.05) is 24.6 Å². The Morgan fingerprint density at radius 3 is 2.73 bits per heavy atom. The van der Waals surface area contributed by atoms with Gasteiger partial charge in [0.25, 0.3) is 5.91 Å². The Morgan fingerprint density at radius 2 is 2.14 bits per heavy atom. The van der Waals surface area contributed by atoms with Crippen LogP contribution in [-0.4, -0.2) is 37.6 Å². The first-order chi connectivity index (χ1) is 10.6. The van der Waals surface area contributed by atoms with Crippen molar-refractivity contribution in [1.29, 1.82) is 0 Å². The Hall–Kier alpha value is -2.08. The number of ether oxygens (including phenoxy) is 1. The number of hydrogen-bond acceptors (Lipinski definition) is 4. The zero-order valence-electron chi connectivity index (χ0n) is 12.9. The summed E-state index contributed by atoms with van der Waals surface area (Å²) in [4.78, 5) is 25.0. The van der Waals surface area contributed by atoms with Crippen LogP contribution >= 0.6 is 0 Å². The number of carbonyl (C=O) groups is 2. The van der Waals surface area contributed by atoms with Crippen molar-refractivity contribution in [2.45, 2.75) is 32.2 Å². The number of amides is 2. The van der Waals surface area contributed by atoms with Gasteiger partial charge in [-0.15, -0.1) is 0 Å². The number of nitrogens with two attached hydrogens (primary N) is 1. The second-order valence-electron chi connectivity index (χ2n) is 5.55. The normalized spacial score (nSPS) is 15.7. The number of hydrogen-bond donors (Lipinski definition) is 2. The molecule has 120 valence electrons. The molecule has 1 heterocycles. The number of rotatable bonds is 7. The van der Waals surface area contributed by atoms with Gasteiger partial charge in [-0.05, 0) is 44.0 Å². The first-order valence-corrected chi connectivity index (χ1v) is 7.62. The fraction of sp³-hybridized carbons (Fsp3) is 0.500. The second-order valence-corrected chi connectivity index (χ2v) is 5.55. The van der Waals surface area contributed by atoms with E-state index in [1.54, 1.807) is 17.0 Å². The van der Waals surface area contributed by atoms with Gasteiger partial charge in [0.15, 0.2) is 6.61 Å². The Morgan fingerprint density at radius 1 is 1.41 bits per heavy atom. The van der Waals surface area contributed by atoms with Crippen LogP contribution in [0.1, 0.15) is 26.2 Å². The summed E-state index contributed by atoms with van der Waals surface area (Å²) in [5, 5.41) is 2.75. The van der Waals surface area contributed by atoms with E-state index in [1.165, 1.54) is 0 Å². The number of nitrogens with one attached hydrogen (secondary N) is 1. The number of carbonyl (C=O) groups excluding carboxylic acids is 2. The lowest BCUT2D eigenvalue weighted by Crippen LogP contribution is -2.32.